The van der Waals surface area contributed by atoms with Gasteiger partial charge >= 0.3 is 0 Å². The molecule has 0 unspecified atom stereocenters. The zero-order valence-electron chi connectivity index (χ0n) is 12.0. The van der Waals surface area contributed by atoms with Crippen LogP contribution in [-0.4, -0.2) is 14.8 Å². The Balaban J connectivity index is 1.48. The molecule has 0 atom stereocenters. The van der Waals surface area contributed by atoms with Gasteiger partial charge in [-0.05, 0) is 86.8 Å². The van der Waals surface area contributed by atoms with Crippen molar-refractivity contribution >= 4 is 12.2 Å². The summed E-state index contributed by atoms with van der Waals surface area (Å²) in [6, 6.07) is 0.658. The molecule has 0 amide bonds. The van der Waals surface area contributed by atoms with Crippen LogP contribution in [0.1, 0.15) is 63.2 Å². The van der Waals surface area contributed by atoms with Gasteiger partial charge in [0.2, 0.25) is 0 Å². The Kier molecular flexibility index (Phi) is 2.37. The lowest BCUT2D eigenvalue weighted by Crippen LogP contribution is -2.47. The molecule has 0 saturated heterocycles. The van der Waals surface area contributed by atoms with E-state index in [9.17, 15) is 0 Å². The highest BCUT2D eigenvalue weighted by Gasteiger charge is 2.51. The Bertz CT molecular complexity index is 560. The lowest BCUT2D eigenvalue weighted by Gasteiger charge is -2.56. The van der Waals surface area contributed by atoms with E-state index in [4.69, 9.17) is 12.2 Å². The standard InChI is InChI=1S/C16H23N3S/c20-15-18-17-14(19(15)13-1-2-13)9-16-6-10-3-11(7-16)5-12(4-10)8-16/h10-13H,1-9H2,(H,18,20). The lowest BCUT2D eigenvalue weighted by molar-refractivity contribution is -0.0535. The summed E-state index contributed by atoms with van der Waals surface area (Å²) in [5.74, 6) is 4.34. The van der Waals surface area contributed by atoms with Crippen LogP contribution in [0.25, 0.3) is 0 Å². The van der Waals surface area contributed by atoms with Crippen LogP contribution in [0.2, 0.25) is 0 Å². The molecular weight excluding hydrogens is 266 g/mol. The Morgan fingerprint density at radius 2 is 1.70 bits per heavy atom. The topological polar surface area (TPSA) is 33.6 Å². The molecule has 108 valence electrons. The van der Waals surface area contributed by atoms with Gasteiger partial charge in [0.15, 0.2) is 4.77 Å². The predicted octanol–water partition coefficient (Wildman–Crippen LogP) is 4.03. The van der Waals surface area contributed by atoms with Crippen LogP contribution < -0.4 is 0 Å². The number of aromatic amines is 1. The van der Waals surface area contributed by atoms with Gasteiger partial charge in [-0.2, -0.15) is 5.10 Å². The summed E-state index contributed by atoms with van der Waals surface area (Å²) in [6.45, 7) is 0. The van der Waals surface area contributed by atoms with Crippen molar-refractivity contribution in [3.8, 4) is 0 Å². The molecule has 5 saturated carbocycles. The summed E-state index contributed by atoms with van der Waals surface area (Å²) >= 11 is 5.44. The largest absolute Gasteiger partial charge is 0.301 e. The first kappa shape index (κ1) is 12.0. The second-order valence-electron chi connectivity index (χ2n) is 8.14. The Labute approximate surface area is 125 Å². The van der Waals surface area contributed by atoms with Crippen molar-refractivity contribution in [1.29, 1.82) is 0 Å². The summed E-state index contributed by atoms with van der Waals surface area (Å²) in [4.78, 5) is 0. The van der Waals surface area contributed by atoms with Crippen molar-refractivity contribution in [3.63, 3.8) is 0 Å². The average molecular weight is 289 g/mol. The number of nitrogens with one attached hydrogen (secondary N) is 1. The summed E-state index contributed by atoms with van der Waals surface area (Å²) < 4.78 is 3.20. The third-order valence-electron chi connectivity index (χ3n) is 6.39. The van der Waals surface area contributed by atoms with E-state index in [1.165, 1.54) is 63.6 Å². The minimum atomic E-state index is 0.572. The fourth-order valence-corrected chi connectivity index (χ4v) is 6.31. The second kappa shape index (κ2) is 3.96. The van der Waals surface area contributed by atoms with Gasteiger partial charge in [0.1, 0.15) is 5.82 Å². The molecule has 1 heterocycles. The molecule has 3 nitrogen and oxygen atoms in total. The highest BCUT2D eigenvalue weighted by molar-refractivity contribution is 7.71. The van der Waals surface area contributed by atoms with Crippen LogP contribution in [-0.2, 0) is 6.42 Å². The van der Waals surface area contributed by atoms with Crippen LogP contribution in [0.5, 0.6) is 0 Å². The van der Waals surface area contributed by atoms with Crippen molar-refractivity contribution in [1.82, 2.24) is 14.8 Å². The highest BCUT2D eigenvalue weighted by atomic mass is 32.1. The number of H-pyrrole nitrogens is 1. The second-order valence-corrected chi connectivity index (χ2v) is 8.53. The van der Waals surface area contributed by atoms with E-state index in [-0.39, 0.29) is 0 Å². The van der Waals surface area contributed by atoms with Crippen LogP contribution in [0, 0.1) is 27.9 Å². The van der Waals surface area contributed by atoms with E-state index >= 15 is 0 Å². The molecule has 20 heavy (non-hydrogen) atoms. The smallest absolute Gasteiger partial charge is 0.195 e. The predicted molar refractivity (Wildman–Crippen MR) is 80.0 cm³/mol. The van der Waals surface area contributed by atoms with Gasteiger partial charge in [-0.3, -0.25) is 5.10 Å². The van der Waals surface area contributed by atoms with Gasteiger partial charge in [0, 0.05) is 12.5 Å². The normalized spacial score (nSPS) is 42.3. The first-order valence-corrected chi connectivity index (χ1v) is 8.77. The van der Waals surface area contributed by atoms with Crippen LogP contribution >= 0.6 is 12.2 Å². The maximum Gasteiger partial charge on any atom is 0.195 e. The molecule has 0 radical (unpaired) electrons. The fourth-order valence-electron chi connectivity index (χ4n) is 6.01. The molecule has 6 rings (SSSR count). The SMILES string of the molecule is S=c1[nH]nc(CC23CC4CC(CC(C4)C2)C3)n1C1CC1. The van der Waals surface area contributed by atoms with Crippen molar-refractivity contribution in [2.75, 3.05) is 0 Å². The van der Waals surface area contributed by atoms with Crippen molar-refractivity contribution in [2.45, 2.75) is 63.8 Å². The lowest BCUT2D eigenvalue weighted by atomic mass is 9.49. The fraction of sp³-hybridized carbons (Fsp3) is 0.875. The van der Waals surface area contributed by atoms with Gasteiger partial charge in [0.05, 0.1) is 0 Å². The molecule has 4 heteroatoms. The maximum atomic E-state index is 5.44. The van der Waals surface area contributed by atoms with Gasteiger partial charge in [-0.15, -0.1) is 0 Å². The van der Waals surface area contributed by atoms with E-state index < -0.39 is 0 Å². The molecule has 5 fully saturated rings. The Morgan fingerprint density at radius 3 is 2.25 bits per heavy atom. The Morgan fingerprint density at radius 1 is 1.10 bits per heavy atom. The van der Waals surface area contributed by atoms with E-state index in [2.05, 4.69) is 14.8 Å². The van der Waals surface area contributed by atoms with E-state index in [1.54, 1.807) is 0 Å². The molecular formula is C16H23N3S. The molecule has 5 aliphatic carbocycles. The highest BCUT2D eigenvalue weighted by Crippen LogP contribution is 2.61. The number of nitrogens with zero attached hydrogens (tertiary/aromatic N) is 2. The maximum absolute atomic E-state index is 5.44. The van der Waals surface area contributed by atoms with Crippen molar-refractivity contribution in [2.24, 2.45) is 23.2 Å². The summed E-state index contributed by atoms with van der Waals surface area (Å²) in [5, 5.41) is 7.66. The monoisotopic (exact) mass is 289 g/mol. The van der Waals surface area contributed by atoms with E-state index in [0.29, 0.717) is 11.5 Å². The molecule has 1 aromatic rings. The van der Waals surface area contributed by atoms with Crippen molar-refractivity contribution < 1.29 is 0 Å². The van der Waals surface area contributed by atoms with Crippen LogP contribution in [0.4, 0.5) is 0 Å². The molecule has 1 N–H and O–H groups in total. The van der Waals surface area contributed by atoms with Crippen LogP contribution in [0.3, 0.4) is 0 Å². The first-order valence-electron chi connectivity index (χ1n) is 8.37. The summed E-state index contributed by atoms with van der Waals surface area (Å²) in [7, 11) is 0. The summed E-state index contributed by atoms with van der Waals surface area (Å²) in [5.41, 5.74) is 0.572. The number of hydrogen-bond donors (Lipinski definition) is 1. The number of rotatable bonds is 3. The average Bonchev–Trinajstić information content (AvgIpc) is 3.13. The molecule has 0 spiro atoms. The zero-order valence-corrected chi connectivity index (χ0v) is 12.8. The van der Waals surface area contributed by atoms with Gasteiger partial charge in [-0.1, -0.05) is 0 Å². The molecule has 0 aliphatic heterocycles. The van der Waals surface area contributed by atoms with Gasteiger partial charge in [-0.25, -0.2) is 0 Å². The van der Waals surface area contributed by atoms with Crippen LogP contribution in [0.15, 0.2) is 0 Å². The van der Waals surface area contributed by atoms with Gasteiger partial charge in [0.25, 0.3) is 0 Å². The minimum absolute atomic E-state index is 0.572. The molecule has 5 aliphatic rings. The van der Waals surface area contributed by atoms with E-state index in [1.807, 2.05) is 0 Å². The third kappa shape index (κ3) is 1.76. The third-order valence-corrected chi connectivity index (χ3v) is 6.68. The molecule has 0 aromatic carbocycles. The van der Waals surface area contributed by atoms with Crippen molar-refractivity contribution in [3.05, 3.63) is 10.6 Å². The summed E-state index contributed by atoms with van der Waals surface area (Å²) in [6.07, 6.45) is 12.7. The number of hydrogen-bond acceptors (Lipinski definition) is 2. The van der Waals surface area contributed by atoms with E-state index in [0.717, 1.165) is 22.5 Å². The Hall–Kier alpha value is -0.640. The number of aromatic nitrogens is 3. The molecule has 4 bridgehead atoms. The minimum Gasteiger partial charge on any atom is -0.301 e. The quantitative estimate of drug-likeness (QED) is 0.852. The zero-order chi connectivity index (χ0) is 13.3. The first-order chi connectivity index (χ1) is 9.71. The molecule has 1 aromatic heterocycles. The van der Waals surface area contributed by atoms with Gasteiger partial charge < -0.3 is 4.57 Å².